The number of likely N-dealkylation sites (N-methyl/N-ethyl adjacent to an activating group) is 1. The zero-order valence-electron chi connectivity index (χ0n) is 8.24. The van der Waals surface area contributed by atoms with Crippen LogP contribution in [0.1, 0.15) is 20.3 Å². The summed E-state index contributed by atoms with van der Waals surface area (Å²) in [6.07, 6.45) is 0.567. The lowest BCUT2D eigenvalue weighted by Gasteiger charge is -2.22. The normalized spacial score (nSPS) is 14.5. The van der Waals surface area contributed by atoms with Crippen molar-refractivity contribution in [2.75, 3.05) is 12.8 Å². The van der Waals surface area contributed by atoms with Crippen molar-refractivity contribution in [3.8, 4) is 0 Å². The number of hydrogen-bond acceptors (Lipinski definition) is 3. The number of nitrogens with zero attached hydrogens (tertiary/aromatic N) is 1. The van der Waals surface area contributed by atoms with Crippen molar-refractivity contribution >= 4 is 15.9 Å². The molecule has 0 amide bonds. The van der Waals surface area contributed by atoms with Gasteiger partial charge in [-0.05, 0) is 13.3 Å². The third-order valence-corrected chi connectivity index (χ3v) is 4.01. The van der Waals surface area contributed by atoms with Gasteiger partial charge in [-0.15, -0.1) is 0 Å². The van der Waals surface area contributed by atoms with E-state index < -0.39 is 16.1 Å². The van der Waals surface area contributed by atoms with E-state index in [1.807, 2.05) is 0 Å². The Morgan fingerprint density at radius 3 is 2.38 bits per heavy atom. The minimum absolute atomic E-state index is 0.0983. The van der Waals surface area contributed by atoms with E-state index >= 15 is 0 Å². The topological polar surface area (TPSA) is 87.2 Å². The molecule has 0 spiro atoms. The van der Waals surface area contributed by atoms with Crippen LogP contribution in [-0.2, 0) is 10.0 Å². The van der Waals surface area contributed by atoms with Crippen molar-refractivity contribution in [2.45, 2.75) is 26.3 Å². The molecule has 3 N–H and O–H groups in total. The Morgan fingerprint density at radius 2 is 2.08 bits per heavy atom. The van der Waals surface area contributed by atoms with Crippen molar-refractivity contribution in [1.29, 1.82) is 5.41 Å². The molecule has 0 fully saturated rings. The Labute approximate surface area is 79.5 Å². The average molecular weight is 207 g/mol. The van der Waals surface area contributed by atoms with Gasteiger partial charge in [-0.25, -0.2) is 8.42 Å². The molecule has 0 aliphatic heterocycles. The molecule has 0 aliphatic carbocycles. The van der Waals surface area contributed by atoms with Crippen LogP contribution in [0.4, 0.5) is 0 Å². The van der Waals surface area contributed by atoms with Gasteiger partial charge in [0.25, 0.3) is 0 Å². The summed E-state index contributed by atoms with van der Waals surface area (Å²) in [6.45, 7) is 3.39. The van der Waals surface area contributed by atoms with Gasteiger partial charge in [0.1, 0.15) is 5.84 Å². The van der Waals surface area contributed by atoms with E-state index in [4.69, 9.17) is 11.1 Å². The molecular formula is C7H17N3O2S. The number of hydrogen-bond donors (Lipinski definition) is 2. The first-order valence-corrected chi connectivity index (χ1v) is 5.73. The summed E-state index contributed by atoms with van der Waals surface area (Å²) < 4.78 is 24.0. The van der Waals surface area contributed by atoms with E-state index in [0.717, 1.165) is 4.31 Å². The van der Waals surface area contributed by atoms with Gasteiger partial charge in [-0.3, -0.25) is 5.41 Å². The van der Waals surface area contributed by atoms with E-state index in [1.54, 1.807) is 13.8 Å². The first kappa shape index (κ1) is 12.4. The standard InChI is InChI=1S/C7H17N3O2S/c1-4-5-13(11,12)10(3)6(2)7(8)9/h6H,4-5H2,1-3H3,(H3,8,9). The zero-order valence-corrected chi connectivity index (χ0v) is 9.06. The summed E-state index contributed by atoms with van der Waals surface area (Å²) >= 11 is 0. The van der Waals surface area contributed by atoms with Gasteiger partial charge < -0.3 is 5.73 Å². The third-order valence-electron chi connectivity index (χ3n) is 1.90. The van der Waals surface area contributed by atoms with Crippen molar-refractivity contribution in [1.82, 2.24) is 4.31 Å². The maximum Gasteiger partial charge on any atom is 0.214 e. The molecule has 5 nitrogen and oxygen atoms in total. The zero-order chi connectivity index (χ0) is 10.6. The number of amidine groups is 1. The van der Waals surface area contributed by atoms with Crippen LogP contribution in [0.2, 0.25) is 0 Å². The molecule has 0 aromatic heterocycles. The smallest absolute Gasteiger partial charge is 0.214 e. The van der Waals surface area contributed by atoms with Crippen LogP contribution in [0.25, 0.3) is 0 Å². The lowest BCUT2D eigenvalue weighted by atomic mass is 10.3. The molecule has 6 heteroatoms. The highest BCUT2D eigenvalue weighted by molar-refractivity contribution is 7.89. The molecule has 0 aromatic carbocycles. The predicted molar refractivity (Wildman–Crippen MR) is 53.2 cm³/mol. The van der Waals surface area contributed by atoms with Crippen LogP contribution in [-0.4, -0.2) is 37.4 Å². The molecule has 78 valence electrons. The Balaban J connectivity index is 4.59. The highest BCUT2D eigenvalue weighted by Gasteiger charge is 2.23. The van der Waals surface area contributed by atoms with E-state index in [0.29, 0.717) is 6.42 Å². The molecule has 1 atom stereocenters. The second-order valence-corrected chi connectivity index (χ2v) is 5.11. The Hall–Kier alpha value is -0.620. The van der Waals surface area contributed by atoms with Crippen LogP contribution >= 0.6 is 0 Å². The second kappa shape index (κ2) is 4.57. The van der Waals surface area contributed by atoms with Crippen LogP contribution < -0.4 is 5.73 Å². The van der Waals surface area contributed by atoms with Gasteiger partial charge >= 0.3 is 0 Å². The fraction of sp³-hybridized carbons (Fsp3) is 0.857. The third kappa shape index (κ3) is 3.31. The van der Waals surface area contributed by atoms with Crippen molar-refractivity contribution in [3.05, 3.63) is 0 Å². The van der Waals surface area contributed by atoms with Gasteiger partial charge in [0.2, 0.25) is 10.0 Å². The monoisotopic (exact) mass is 207 g/mol. The number of rotatable bonds is 5. The Kier molecular flexibility index (Phi) is 4.35. The summed E-state index contributed by atoms with van der Waals surface area (Å²) in [6, 6.07) is -0.559. The maximum absolute atomic E-state index is 11.5. The fourth-order valence-corrected chi connectivity index (χ4v) is 2.24. The lowest BCUT2D eigenvalue weighted by molar-refractivity contribution is 0.447. The summed E-state index contributed by atoms with van der Waals surface area (Å²) in [7, 11) is -1.80. The largest absolute Gasteiger partial charge is 0.386 e. The van der Waals surface area contributed by atoms with Gasteiger partial charge in [-0.2, -0.15) is 4.31 Å². The Morgan fingerprint density at radius 1 is 1.62 bits per heavy atom. The summed E-state index contributed by atoms with van der Waals surface area (Å²) in [5.74, 6) is -0.0385. The molecular weight excluding hydrogens is 190 g/mol. The number of sulfonamides is 1. The number of nitrogens with two attached hydrogens (primary N) is 1. The van der Waals surface area contributed by atoms with Crippen LogP contribution in [0.15, 0.2) is 0 Å². The molecule has 0 heterocycles. The van der Waals surface area contributed by atoms with E-state index in [1.165, 1.54) is 7.05 Å². The first-order valence-electron chi connectivity index (χ1n) is 4.12. The second-order valence-electron chi connectivity index (χ2n) is 2.96. The van der Waals surface area contributed by atoms with Crippen LogP contribution in [0.3, 0.4) is 0 Å². The van der Waals surface area contributed by atoms with Gasteiger partial charge in [0.15, 0.2) is 0 Å². The highest BCUT2D eigenvalue weighted by atomic mass is 32.2. The van der Waals surface area contributed by atoms with E-state index in [-0.39, 0.29) is 11.6 Å². The van der Waals surface area contributed by atoms with Crippen LogP contribution in [0, 0.1) is 5.41 Å². The predicted octanol–water partition coefficient (Wildman–Crippen LogP) is -0.0175. The summed E-state index contributed by atoms with van der Waals surface area (Å²) in [4.78, 5) is 0. The minimum atomic E-state index is -3.24. The summed E-state index contributed by atoms with van der Waals surface area (Å²) in [5, 5.41) is 7.11. The highest BCUT2D eigenvalue weighted by Crippen LogP contribution is 2.05. The molecule has 0 aromatic rings. The minimum Gasteiger partial charge on any atom is -0.386 e. The van der Waals surface area contributed by atoms with Crippen molar-refractivity contribution in [3.63, 3.8) is 0 Å². The molecule has 0 bridgehead atoms. The molecule has 0 saturated heterocycles. The molecule has 0 rings (SSSR count). The first-order chi connectivity index (χ1) is 5.83. The van der Waals surface area contributed by atoms with Gasteiger partial charge in [-0.1, -0.05) is 6.92 Å². The van der Waals surface area contributed by atoms with Crippen molar-refractivity contribution in [2.24, 2.45) is 5.73 Å². The quantitative estimate of drug-likeness (QED) is 0.490. The maximum atomic E-state index is 11.5. The van der Waals surface area contributed by atoms with Gasteiger partial charge in [0, 0.05) is 7.05 Å². The van der Waals surface area contributed by atoms with E-state index in [2.05, 4.69) is 0 Å². The Bertz CT molecular complexity index is 273. The molecule has 1 unspecified atom stereocenters. The SMILES string of the molecule is CCCS(=O)(=O)N(C)C(C)C(=N)N. The van der Waals surface area contributed by atoms with Crippen molar-refractivity contribution < 1.29 is 8.42 Å². The van der Waals surface area contributed by atoms with Gasteiger partial charge in [0.05, 0.1) is 11.8 Å². The fourth-order valence-electron chi connectivity index (χ4n) is 0.839. The van der Waals surface area contributed by atoms with E-state index in [9.17, 15) is 8.42 Å². The molecule has 0 saturated carbocycles. The molecule has 13 heavy (non-hydrogen) atoms. The lowest BCUT2D eigenvalue weighted by Crippen LogP contribution is -2.44. The molecule has 0 aliphatic rings. The summed E-state index contributed by atoms with van der Waals surface area (Å²) in [5.41, 5.74) is 5.21. The average Bonchev–Trinajstić information content (AvgIpc) is 2.01. The molecule has 0 radical (unpaired) electrons. The number of nitrogens with one attached hydrogen (secondary N) is 1. The van der Waals surface area contributed by atoms with Crippen LogP contribution in [0.5, 0.6) is 0 Å².